The molecule has 9 heteroatoms. The third kappa shape index (κ3) is 5.24. The first-order chi connectivity index (χ1) is 15.8. The highest BCUT2D eigenvalue weighted by Crippen LogP contribution is 2.35. The van der Waals surface area contributed by atoms with E-state index in [0.717, 1.165) is 28.6 Å². The molecule has 4 rings (SSSR count). The number of benzene rings is 2. The summed E-state index contributed by atoms with van der Waals surface area (Å²) in [6.45, 7) is 0.652. The summed E-state index contributed by atoms with van der Waals surface area (Å²) in [4.78, 5) is 14.5. The van der Waals surface area contributed by atoms with E-state index in [9.17, 15) is 13.2 Å². The highest BCUT2D eigenvalue weighted by molar-refractivity contribution is 7.89. The van der Waals surface area contributed by atoms with Crippen molar-refractivity contribution in [2.45, 2.75) is 43.0 Å². The molecule has 1 heterocycles. The zero-order valence-electron chi connectivity index (χ0n) is 18.3. The summed E-state index contributed by atoms with van der Waals surface area (Å²) < 4.78 is 33.8. The molecule has 0 aliphatic heterocycles. The summed E-state index contributed by atoms with van der Waals surface area (Å²) in [6.07, 6.45) is 2.79. The first-order valence-corrected chi connectivity index (χ1v) is 12.8. The Balaban J connectivity index is 1.54. The van der Waals surface area contributed by atoms with Gasteiger partial charge in [-0.25, -0.2) is 13.1 Å². The SMILES string of the molecule is COCCc1ccc(-c2[nH]c3cc(S(=O)(=O)N[C@H]4CC[C@H](C(=O)O)CC4)ccc3c2Cl)cc1. The summed E-state index contributed by atoms with van der Waals surface area (Å²) in [7, 11) is -2.07. The van der Waals surface area contributed by atoms with E-state index >= 15 is 0 Å². The Morgan fingerprint density at radius 1 is 1.15 bits per heavy atom. The van der Waals surface area contributed by atoms with Gasteiger partial charge in [0.15, 0.2) is 0 Å². The normalized spacial score (nSPS) is 19.1. The first kappa shape index (κ1) is 23.8. The molecular weight excluding hydrogens is 464 g/mol. The highest BCUT2D eigenvalue weighted by Gasteiger charge is 2.29. The maximum atomic E-state index is 13.0. The van der Waals surface area contributed by atoms with Gasteiger partial charge in [-0.1, -0.05) is 35.9 Å². The molecule has 1 saturated carbocycles. The molecule has 0 bridgehead atoms. The van der Waals surface area contributed by atoms with Gasteiger partial charge in [0, 0.05) is 24.1 Å². The lowest BCUT2D eigenvalue weighted by Crippen LogP contribution is -2.38. The van der Waals surface area contributed by atoms with E-state index < -0.39 is 21.9 Å². The van der Waals surface area contributed by atoms with Crippen molar-refractivity contribution in [3.63, 3.8) is 0 Å². The van der Waals surface area contributed by atoms with Gasteiger partial charge in [0.1, 0.15) is 0 Å². The minimum absolute atomic E-state index is 0.148. The molecule has 0 radical (unpaired) electrons. The Bertz CT molecular complexity index is 1250. The number of methoxy groups -OCH3 is 1. The molecule has 0 atom stereocenters. The predicted molar refractivity (Wildman–Crippen MR) is 128 cm³/mol. The molecule has 7 nitrogen and oxygen atoms in total. The lowest BCUT2D eigenvalue weighted by atomic mass is 9.87. The van der Waals surface area contributed by atoms with Crippen molar-refractivity contribution >= 4 is 38.5 Å². The molecule has 0 saturated heterocycles. The van der Waals surface area contributed by atoms with Gasteiger partial charge in [0.05, 0.1) is 28.1 Å². The molecule has 0 amide bonds. The molecule has 2 aromatic carbocycles. The number of ether oxygens (including phenoxy) is 1. The number of carboxylic acids is 1. The summed E-state index contributed by atoms with van der Waals surface area (Å²) in [5, 5.41) is 10.4. The van der Waals surface area contributed by atoms with Crippen LogP contribution >= 0.6 is 11.6 Å². The minimum atomic E-state index is -3.74. The van der Waals surface area contributed by atoms with Crippen LogP contribution in [-0.2, 0) is 26.0 Å². The van der Waals surface area contributed by atoms with Crippen LogP contribution in [0.15, 0.2) is 47.4 Å². The van der Waals surface area contributed by atoms with Crippen molar-refractivity contribution in [3.05, 3.63) is 53.1 Å². The van der Waals surface area contributed by atoms with Crippen LogP contribution in [0.2, 0.25) is 5.02 Å². The minimum Gasteiger partial charge on any atom is -0.481 e. The number of hydrogen-bond acceptors (Lipinski definition) is 4. The summed E-state index contributed by atoms with van der Waals surface area (Å²) in [5.74, 6) is -1.21. The Hall–Kier alpha value is -2.39. The van der Waals surface area contributed by atoms with Gasteiger partial charge >= 0.3 is 5.97 Å². The number of sulfonamides is 1. The molecule has 1 aliphatic rings. The number of aliphatic carboxylic acids is 1. The Morgan fingerprint density at radius 2 is 1.85 bits per heavy atom. The fourth-order valence-electron chi connectivity index (χ4n) is 4.31. The number of carboxylic acid groups (broad SMARTS) is 1. The number of fused-ring (bicyclic) bond motifs is 1. The molecule has 1 aliphatic carbocycles. The topological polar surface area (TPSA) is 108 Å². The monoisotopic (exact) mass is 490 g/mol. The predicted octanol–water partition coefficient (Wildman–Crippen LogP) is 4.60. The van der Waals surface area contributed by atoms with Crippen LogP contribution in [0.4, 0.5) is 0 Å². The lowest BCUT2D eigenvalue weighted by Gasteiger charge is -2.26. The molecule has 0 spiro atoms. The van der Waals surface area contributed by atoms with Gasteiger partial charge in [0.25, 0.3) is 0 Å². The number of aromatic amines is 1. The highest BCUT2D eigenvalue weighted by atomic mass is 35.5. The van der Waals surface area contributed by atoms with Crippen LogP contribution in [0.5, 0.6) is 0 Å². The number of carbonyl (C=O) groups is 1. The zero-order chi connectivity index (χ0) is 23.6. The van der Waals surface area contributed by atoms with Crippen molar-refractivity contribution < 1.29 is 23.1 Å². The van der Waals surface area contributed by atoms with Gasteiger partial charge in [0.2, 0.25) is 10.0 Å². The standard InChI is InChI=1S/C24H27ClN2O5S/c1-32-13-12-15-2-4-16(5-3-15)23-22(25)20-11-10-19(14-21(20)26-23)33(30,31)27-18-8-6-17(7-9-18)24(28)29/h2-5,10-11,14,17-18,26-27H,6-9,12-13H2,1H3,(H,28,29)/t17-,18-. The fourth-order valence-corrected chi connectivity index (χ4v) is 5.96. The van der Waals surface area contributed by atoms with E-state index in [-0.39, 0.29) is 10.9 Å². The Labute approximate surface area is 198 Å². The van der Waals surface area contributed by atoms with E-state index in [4.69, 9.17) is 21.4 Å². The first-order valence-electron chi connectivity index (χ1n) is 10.9. The second-order valence-corrected chi connectivity index (χ2v) is 10.6. The van der Waals surface area contributed by atoms with Crippen LogP contribution in [-0.4, -0.2) is 44.2 Å². The maximum Gasteiger partial charge on any atom is 0.306 e. The summed E-state index contributed by atoms with van der Waals surface area (Å²) >= 11 is 6.61. The molecule has 1 fully saturated rings. The van der Waals surface area contributed by atoms with Crippen molar-refractivity contribution in [1.82, 2.24) is 9.71 Å². The smallest absolute Gasteiger partial charge is 0.306 e. The lowest BCUT2D eigenvalue weighted by molar-refractivity contribution is -0.142. The molecule has 3 N–H and O–H groups in total. The van der Waals surface area contributed by atoms with Crippen LogP contribution in [0.25, 0.3) is 22.2 Å². The fraction of sp³-hybridized carbons (Fsp3) is 0.375. The van der Waals surface area contributed by atoms with Gasteiger partial charge in [-0.3, -0.25) is 4.79 Å². The average Bonchev–Trinajstić information content (AvgIpc) is 3.14. The second-order valence-electron chi connectivity index (χ2n) is 8.47. The Kier molecular flexibility index (Phi) is 7.09. The molecule has 1 aromatic heterocycles. The number of rotatable bonds is 8. The molecule has 176 valence electrons. The quantitative estimate of drug-likeness (QED) is 0.427. The number of halogens is 1. The zero-order valence-corrected chi connectivity index (χ0v) is 19.9. The Morgan fingerprint density at radius 3 is 2.48 bits per heavy atom. The largest absolute Gasteiger partial charge is 0.481 e. The van der Waals surface area contributed by atoms with Crippen LogP contribution < -0.4 is 4.72 Å². The third-order valence-corrected chi connectivity index (χ3v) is 8.16. The van der Waals surface area contributed by atoms with Crippen molar-refractivity contribution in [3.8, 4) is 11.3 Å². The van der Waals surface area contributed by atoms with Crippen LogP contribution in [0.1, 0.15) is 31.2 Å². The molecule has 33 heavy (non-hydrogen) atoms. The maximum absolute atomic E-state index is 13.0. The van der Waals surface area contributed by atoms with Crippen molar-refractivity contribution in [1.29, 1.82) is 0 Å². The van der Waals surface area contributed by atoms with Crippen LogP contribution in [0.3, 0.4) is 0 Å². The number of H-pyrrole nitrogens is 1. The van der Waals surface area contributed by atoms with Gasteiger partial charge in [-0.05, 0) is 61.4 Å². The number of aromatic nitrogens is 1. The second kappa shape index (κ2) is 9.85. The van der Waals surface area contributed by atoms with E-state index in [2.05, 4.69) is 9.71 Å². The molecule has 3 aromatic rings. The van der Waals surface area contributed by atoms with Crippen molar-refractivity contribution in [2.75, 3.05) is 13.7 Å². The number of hydrogen-bond donors (Lipinski definition) is 3. The third-order valence-electron chi connectivity index (χ3n) is 6.25. The summed E-state index contributed by atoms with van der Waals surface area (Å²) in [5.41, 5.74) is 3.44. The number of nitrogens with one attached hydrogen (secondary N) is 2. The van der Waals surface area contributed by atoms with E-state index in [1.165, 1.54) is 0 Å². The van der Waals surface area contributed by atoms with Gasteiger partial charge in [-0.15, -0.1) is 0 Å². The van der Waals surface area contributed by atoms with E-state index in [1.807, 2.05) is 24.3 Å². The van der Waals surface area contributed by atoms with E-state index in [1.54, 1.807) is 25.3 Å². The molecular formula is C24H27ClN2O5S. The van der Waals surface area contributed by atoms with Crippen molar-refractivity contribution in [2.24, 2.45) is 5.92 Å². The van der Waals surface area contributed by atoms with Crippen LogP contribution in [0, 0.1) is 5.92 Å². The average molecular weight is 491 g/mol. The molecule has 0 unspecified atom stereocenters. The van der Waals surface area contributed by atoms with E-state index in [0.29, 0.717) is 42.8 Å². The van der Waals surface area contributed by atoms with Gasteiger partial charge in [-0.2, -0.15) is 0 Å². The van der Waals surface area contributed by atoms with Gasteiger partial charge < -0.3 is 14.8 Å². The summed E-state index contributed by atoms with van der Waals surface area (Å²) in [6, 6.07) is 12.6.